The summed E-state index contributed by atoms with van der Waals surface area (Å²) in [6.07, 6.45) is 7.80. The zero-order chi connectivity index (χ0) is 23.2. The summed E-state index contributed by atoms with van der Waals surface area (Å²) in [6.45, 7) is 0.756. The van der Waals surface area contributed by atoms with Crippen LogP contribution in [0.15, 0.2) is 53.4 Å². The first-order valence-corrected chi connectivity index (χ1v) is 13.3. The molecule has 0 atom stereocenters. The normalized spacial score (nSPS) is 27.9. The fraction of sp³-hybridized carbons (Fsp3) is 0.500. The molecule has 0 spiro atoms. The van der Waals surface area contributed by atoms with Gasteiger partial charge in [0, 0.05) is 19.2 Å². The average Bonchev–Trinajstić information content (AvgIpc) is 2.77. The van der Waals surface area contributed by atoms with Gasteiger partial charge >= 0.3 is 0 Å². The lowest BCUT2D eigenvalue weighted by molar-refractivity contribution is -0.0629. The molecule has 33 heavy (non-hydrogen) atoms. The van der Waals surface area contributed by atoms with E-state index in [-0.39, 0.29) is 16.2 Å². The number of carbonyl (C=O) groups excluding carboxylic acids is 1. The van der Waals surface area contributed by atoms with E-state index < -0.39 is 10.0 Å². The number of anilines is 1. The van der Waals surface area contributed by atoms with E-state index in [0.29, 0.717) is 17.0 Å². The first kappa shape index (κ1) is 22.3. The summed E-state index contributed by atoms with van der Waals surface area (Å²) in [5, 5.41) is 0. The Labute approximate surface area is 196 Å². The van der Waals surface area contributed by atoms with Gasteiger partial charge in [-0.05, 0) is 92.0 Å². The number of para-hydroxylation sites is 2. The zero-order valence-electron chi connectivity index (χ0n) is 19.3. The van der Waals surface area contributed by atoms with E-state index >= 15 is 0 Å². The number of nitrogens with zero attached hydrogens (tertiary/aromatic N) is 1. The van der Waals surface area contributed by atoms with Crippen molar-refractivity contribution in [3.63, 3.8) is 0 Å². The van der Waals surface area contributed by atoms with Crippen LogP contribution in [-0.4, -0.2) is 39.9 Å². The molecule has 0 saturated heterocycles. The van der Waals surface area contributed by atoms with Crippen molar-refractivity contribution in [1.82, 2.24) is 4.90 Å². The zero-order valence-corrected chi connectivity index (χ0v) is 20.1. The lowest BCUT2D eigenvalue weighted by Crippen LogP contribution is -2.51. The number of hydrogen-bond acceptors (Lipinski definition) is 4. The maximum Gasteiger partial charge on any atom is 0.262 e. The van der Waals surface area contributed by atoms with Gasteiger partial charge in [0.2, 0.25) is 0 Å². The number of benzene rings is 2. The van der Waals surface area contributed by atoms with E-state index in [4.69, 9.17) is 4.74 Å². The summed E-state index contributed by atoms with van der Waals surface area (Å²) < 4.78 is 33.9. The molecule has 1 N–H and O–H groups in total. The van der Waals surface area contributed by atoms with Gasteiger partial charge in [0.25, 0.3) is 15.9 Å². The van der Waals surface area contributed by atoms with Crippen LogP contribution in [0.25, 0.3) is 0 Å². The minimum absolute atomic E-state index is 0.0578. The van der Waals surface area contributed by atoms with Gasteiger partial charge in [0.15, 0.2) is 0 Å². The SMILES string of the molecule is COc1ccccc1NS(=O)(=O)c1cccc(C(=O)N(C)CC23CC4CC(CC(C4)C2)C3)c1. The molecule has 0 heterocycles. The third-order valence-electron chi connectivity index (χ3n) is 7.83. The van der Waals surface area contributed by atoms with Crippen LogP contribution in [0, 0.1) is 23.2 Å². The molecule has 4 fully saturated rings. The molecule has 0 aliphatic heterocycles. The van der Waals surface area contributed by atoms with Gasteiger partial charge in [-0.25, -0.2) is 8.42 Å². The molecule has 0 radical (unpaired) electrons. The Kier molecular flexibility index (Phi) is 5.63. The Morgan fingerprint density at radius 1 is 1.03 bits per heavy atom. The highest BCUT2D eigenvalue weighted by molar-refractivity contribution is 7.92. The van der Waals surface area contributed by atoms with Crippen LogP contribution < -0.4 is 9.46 Å². The first-order valence-electron chi connectivity index (χ1n) is 11.8. The molecule has 4 saturated carbocycles. The van der Waals surface area contributed by atoms with Crippen LogP contribution in [0.1, 0.15) is 48.9 Å². The number of amides is 1. The summed E-state index contributed by atoms with van der Waals surface area (Å²) in [7, 11) is -0.524. The molecule has 4 aliphatic rings. The fourth-order valence-corrected chi connectivity index (χ4v) is 8.12. The average molecular weight is 469 g/mol. The van der Waals surface area contributed by atoms with Crippen LogP contribution in [0.3, 0.4) is 0 Å². The lowest BCUT2D eigenvalue weighted by atomic mass is 9.49. The van der Waals surface area contributed by atoms with Gasteiger partial charge in [0.05, 0.1) is 17.7 Å². The van der Waals surface area contributed by atoms with Crippen LogP contribution in [0.5, 0.6) is 5.75 Å². The number of ether oxygens (including phenoxy) is 1. The molecule has 2 aromatic rings. The summed E-state index contributed by atoms with van der Waals surface area (Å²) in [4.78, 5) is 15.2. The molecular formula is C26H32N2O4S. The Morgan fingerprint density at radius 3 is 2.30 bits per heavy atom. The minimum Gasteiger partial charge on any atom is -0.495 e. The molecule has 7 heteroatoms. The lowest BCUT2D eigenvalue weighted by Gasteiger charge is -2.57. The standard InChI is InChI=1S/C26H32N2O4S/c1-28(17-26-14-18-10-19(15-26)12-20(11-18)16-26)25(29)21-6-5-7-22(13-21)33(30,31)27-23-8-3-4-9-24(23)32-2/h3-9,13,18-20,27H,10-12,14-17H2,1-2H3. The van der Waals surface area contributed by atoms with Crippen molar-refractivity contribution in [2.45, 2.75) is 43.4 Å². The molecule has 0 aromatic heterocycles. The number of carbonyl (C=O) groups is 1. The van der Waals surface area contributed by atoms with Crippen molar-refractivity contribution in [2.75, 3.05) is 25.4 Å². The monoisotopic (exact) mass is 468 g/mol. The summed E-state index contributed by atoms with van der Waals surface area (Å²) in [5.74, 6) is 2.79. The second-order valence-corrected chi connectivity index (χ2v) is 12.1. The molecule has 1 amide bonds. The Hall–Kier alpha value is -2.54. The molecule has 6 rings (SSSR count). The van der Waals surface area contributed by atoms with Crippen molar-refractivity contribution >= 4 is 21.6 Å². The van der Waals surface area contributed by atoms with E-state index in [1.807, 2.05) is 11.9 Å². The van der Waals surface area contributed by atoms with Crippen LogP contribution in [0.2, 0.25) is 0 Å². The predicted octanol–water partition coefficient (Wildman–Crippen LogP) is 4.78. The van der Waals surface area contributed by atoms with Gasteiger partial charge in [-0.1, -0.05) is 18.2 Å². The van der Waals surface area contributed by atoms with Crippen molar-refractivity contribution < 1.29 is 17.9 Å². The maximum absolute atomic E-state index is 13.3. The molecule has 2 aromatic carbocycles. The predicted molar refractivity (Wildman–Crippen MR) is 128 cm³/mol. The number of hydrogen-bond donors (Lipinski definition) is 1. The quantitative estimate of drug-likeness (QED) is 0.634. The highest BCUT2D eigenvalue weighted by Gasteiger charge is 2.51. The second-order valence-electron chi connectivity index (χ2n) is 10.4. The summed E-state index contributed by atoms with van der Waals surface area (Å²) in [5.41, 5.74) is 0.995. The van der Waals surface area contributed by atoms with Crippen LogP contribution >= 0.6 is 0 Å². The van der Waals surface area contributed by atoms with E-state index in [1.54, 1.807) is 36.4 Å². The van der Waals surface area contributed by atoms with Crippen LogP contribution in [0.4, 0.5) is 5.69 Å². The first-order chi connectivity index (χ1) is 15.8. The number of nitrogens with one attached hydrogen (secondary N) is 1. The minimum atomic E-state index is -3.87. The van der Waals surface area contributed by atoms with Gasteiger partial charge in [-0.15, -0.1) is 0 Å². The van der Waals surface area contributed by atoms with Gasteiger partial charge < -0.3 is 9.64 Å². The van der Waals surface area contributed by atoms with Crippen molar-refractivity contribution in [2.24, 2.45) is 23.2 Å². The molecule has 4 aliphatic carbocycles. The van der Waals surface area contributed by atoms with Crippen molar-refractivity contribution in [3.8, 4) is 5.75 Å². The van der Waals surface area contributed by atoms with E-state index in [0.717, 1.165) is 24.3 Å². The molecular weight excluding hydrogens is 436 g/mol. The smallest absolute Gasteiger partial charge is 0.262 e. The van der Waals surface area contributed by atoms with Gasteiger partial charge in [-0.3, -0.25) is 9.52 Å². The third kappa shape index (κ3) is 4.35. The Morgan fingerprint density at radius 2 is 1.67 bits per heavy atom. The number of sulfonamides is 1. The molecule has 4 bridgehead atoms. The van der Waals surface area contributed by atoms with Gasteiger partial charge in [0.1, 0.15) is 5.75 Å². The molecule has 176 valence electrons. The van der Waals surface area contributed by atoms with E-state index in [2.05, 4.69) is 4.72 Å². The van der Waals surface area contributed by atoms with Crippen molar-refractivity contribution in [3.05, 3.63) is 54.1 Å². The number of methoxy groups -OCH3 is 1. The van der Waals surface area contributed by atoms with Crippen LogP contribution in [-0.2, 0) is 10.0 Å². The van der Waals surface area contributed by atoms with E-state index in [1.165, 1.54) is 57.8 Å². The van der Waals surface area contributed by atoms with Crippen molar-refractivity contribution in [1.29, 1.82) is 0 Å². The highest BCUT2D eigenvalue weighted by atomic mass is 32.2. The Bertz CT molecular complexity index is 1130. The summed E-state index contributed by atoms with van der Waals surface area (Å²) >= 11 is 0. The largest absolute Gasteiger partial charge is 0.495 e. The number of rotatable bonds is 7. The fourth-order valence-electron chi connectivity index (χ4n) is 7.01. The molecule has 6 nitrogen and oxygen atoms in total. The van der Waals surface area contributed by atoms with Gasteiger partial charge in [-0.2, -0.15) is 0 Å². The third-order valence-corrected chi connectivity index (χ3v) is 9.19. The topological polar surface area (TPSA) is 75.7 Å². The highest BCUT2D eigenvalue weighted by Crippen LogP contribution is 2.60. The maximum atomic E-state index is 13.3. The summed E-state index contributed by atoms with van der Waals surface area (Å²) in [6, 6.07) is 13.1. The molecule has 0 unspecified atom stereocenters. The van der Waals surface area contributed by atoms with E-state index in [9.17, 15) is 13.2 Å². The Balaban J connectivity index is 1.33. The second kappa shape index (κ2) is 8.35.